The van der Waals surface area contributed by atoms with Crippen LogP contribution < -0.4 is 5.32 Å². The van der Waals surface area contributed by atoms with Gasteiger partial charge >= 0.3 is 0 Å². The number of aryl methyl sites for hydroxylation is 1. The van der Waals surface area contributed by atoms with Gasteiger partial charge in [-0.25, -0.2) is 0 Å². The first kappa shape index (κ1) is 17.1. The van der Waals surface area contributed by atoms with E-state index in [9.17, 15) is 4.79 Å². The highest BCUT2D eigenvalue weighted by Crippen LogP contribution is 2.24. The van der Waals surface area contributed by atoms with Crippen LogP contribution >= 0.6 is 0 Å². The van der Waals surface area contributed by atoms with Gasteiger partial charge in [-0.15, -0.1) is 10.2 Å². The molecule has 0 atom stereocenters. The van der Waals surface area contributed by atoms with E-state index in [4.69, 9.17) is 0 Å². The maximum Gasteiger partial charge on any atom is 0.248 e. The van der Waals surface area contributed by atoms with E-state index in [0.717, 1.165) is 47.8 Å². The molecule has 0 saturated heterocycles. The SMILES string of the molecule is O=C(/C=C/c1cccnc1)Nc1ccc(-c2nnc3n2CCCCC3)cc1. The Kier molecular flexibility index (Phi) is 5.05. The number of benzene rings is 1. The summed E-state index contributed by atoms with van der Waals surface area (Å²) in [5.41, 5.74) is 2.64. The van der Waals surface area contributed by atoms with E-state index in [1.807, 2.05) is 36.4 Å². The Balaban J connectivity index is 1.44. The number of aromatic nitrogens is 4. The number of fused-ring (bicyclic) bond motifs is 1. The van der Waals surface area contributed by atoms with Gasteiger partial charge in [0.1, 0.15) is 5.82 Å². The summed E-state index contributed by atoms with van der Waals surface area (Å²) in [7, 11) is 0. The molecule has 1 N–H and O–H groups in total. The highest BCUT2D eigenvalue weighted by molar-refractivity contribution is 6.01. The van der Waals surface area contributed by atoms with Crippen molar-refractivity contribution < 1.29 is 4.79 Å². The maximum atomic E-state index is 12.1. The second kappa shape index (κ2) is 7.95. The van der Waals surface area contributed by atoms with E-state index in [1.54, 1.807) is 18.5 Å². The van der Waals surface area contributed by atoms with Crippen LogP contribution in [0.15, 0.2) is 54.9 Å². The molecule has 27 heavy (non-hydrogen) atoms. The predicted molar refractivity (Wildman–Crippen MR) is 105 cm³/mol. The summed E-state index contributed by atoms with van der Waals surface area (Å²) in [5.74, 6) is 1.80. The zero-order valence-corrected chi connectivity index (χ0v) is 15.0. The number of carbonyl (C=O) groups excluding carboxylic acids is 1. The van der Waals surface area contributed by atoms with Crippen LogP contribution in [0, 0.1) is 0 Å². The van der Waals surface area contributed by atoms with Gasteiger partial charge in [0.2, 0.25) is 5.91 Å². The number of amides is 1. The third-order valence-electron chi connectivity index (χ3n) is 4.63. The Labute approximate surface area is 158 Å². The van der Waals surface area contributed by atoms with Crippen molar-refractivity contribution >= 4 is 17.7 Å². The van der Waals surface area contributed by atoms with Crippen molar-refractivity contribution in [3.63, 3.8) is 0 Å². The first-order valence-corrected chi connectivity index (χ1v) is 9.21. The Morgan fingerprint density at radius 1 is 1.07 bits per heavy atom. The second-order valence-corrected chi connectivity index (χ2v) is 6.59. The van der Waals surface area contributed by atoms with Crippen molar-refractivity contribution in [2.75, 3.05) is 5.32 Å². The minimum Gasteiger partial charge on any atom is -0.323 e. The number of carbonyl (C=O) groups is 1. The van der Waals surface area contributed by atoms with Gasteiger partial charge in [-0.05, 0) is 54.8 Å². The zero-order valence-electron chi connectivity index (χ0n) is 15.0. The molecule has 0 unspecified atom stereocenters. The number of nitrogens with one attached hydrogen (secondary N) is 1. The van der Waals surface area contributed by atoms with Crippen LogP contribution in [0.5, 0.6) is 0 Å². The second-order valence-electron chi connectivity index (χ2n) is 6.59. The van der Waals surface area contributed by atoms with E-state index in [-0.39, 0.29) is 5.91 Å². The Morgan fingerprint density at radius 3 is 2.78 bits per heavy atom. The molecule has 4 rings (SSSR count). The highest BCUT2D eigenvalue weighted by atomic mass is 16.1. The van der Waals surface area contributed by atoms with Gasteiger partial charge in [-0.3, -0.25) is 9.78 Å². The van der Waals surface area contributed by atoms with Gasteiger partial charge in [0.05, 0.1) is 0 Å². The molecular weight excluding hydrogens is 338 g/mol. The van der Waals surface area contributed by atoms with Crippen molar-refractivity contribution in [1.29, 1.82) is 0 Å². The molecular formula is C21H21N5O. The molecule has 1 aromatic carbocycles. The van der Waals surface area contributed by atoms with E-state index >= 15 is 0 Å². The monoisotopic (exact) mass is 359 g/mol. The molecule has 2 aromatic heterocycles. The molecule has 3 aromatic rings. The maximum absolute atomic E-state index is 12.1. The number of hydrogen-bond acceptors (Lipinski definition) is 4. The molecule has 6 heteroatoms. The molecule has 3 heterocycles. The fraction of sp³-hybridized carbons (Fsp3) is 0.238. The van der Waals surface area contributed by atoms with Gasteiger partial charge < -0.3 is 9.88 Å². The first-order valence-electron chi connectivity index (χ1n) is 9.21. The Bertz CT molecular complexity index is 944. The third-order valence-corrected chi connectivity index (χ3v) is 4.63. The van der Waals surface area contributed by atoms with Crippen LogP contribution in [0.25, 0.3) is 17.5 Å². The summed E-state index contributed by atoms with van der Waals surface area (Å²) in [5, 5.41) is 11.6. The van der Waals surface area contributed by atoms with Crippen LogP contribution in [-0.2, 0) is 17.8 Å². The lowest BCUT2D eigenvalue weighted by Gasteiger charge is -2.08. The lowest BCUT2D eigenvalue weighted by Crippen LogP contribution is -2.07. The summed E-state index contributed by atoms with van der Waals surface area (Å²) < 4.78 is 2.22. The van der Waals surface area contributed by atoms with Crippen molar-refractivity contribution in [2.45, 2.75) is 32.2 Å². The third kappa shape index (κ3) is 4.11. The van der Waals surface area contributed by atoms with Gasteiger partial charge in [-0.1, -0.05) is 12.5 Å². The van der Waals surface area contributed by atoms with Gasteiger partial charge in [0, 0.05) is 42.7 Å². The number of anilines is 1. The summed E-state index contributed by atoms with van der Waals surface area (Å²) in [6.07, 6.45) is 11.2. The topological polar surface area (TPSA) is 72.7 Å². The van der Waals surface area contributed by atoms with Gasteiger partial charge in [-0.2, -0.15) is 0 Å². The quantitative estimate of drug-likeness (QED) is 0.721. The molecule has 1 aliphatic heterocycles. The molecule has 136 valence electrons. The molecule has 6 nitrogen and oxygen atoms in total. The largest absolute Gasteiger partial charge is 0.323 e. The van der Waals surface area contributed by atoms with Crippen molar-refractivity contribution in [3.05, 3.63) is 66.3 Å². The van der Waals surface area contributed by atoms with Crippen molar-refractivity contribution in [3.8, 4) is 11.4 Å². The number of pyridine rings is 1. The molecule has 0 spiro atoms. The average molecular weight is 359 g/mol. The Hall–Kier alpha value is -3.28. The predicted octanol–water partition coefficient (Wildman–Crippen LogP) is 3.72. The lowest BCUT2D eigenvalue weighted by molar-refractivity contribution is -0.111. The van der Waals surface area contributed by atoms with Crippen LogP contribution in [0.3, 0.4) is 0 Å². The van der Waals surface area contributed by atoms with E-state index in [2.05, 4.69) is 25.1 Å². The van der Waals surface area contributed by atoms with Crippen molar-refractivity contribution in [2.24, 2.45) is 0 Å². The summed E-state index contributed by atoms with van der Waals surface area (Å²) in [6, 6.07) is 11.5. The Morgan fingerprint density at radius 2 is 1.96 bits per heavy atom. The highest BCUT2D eigenvalue weighted by Gasteiger charge is 2.15. The smallest absolute Gasteiger partial charge is 0.248 e. The molecule has 0 fully saturated rings. The standard InChI is InChI=1S/C21H21N5O/c27-20(12-7-16-5-4-13-22-15-16)23-18-10-8-17(9-11-18)21-25-24-19-6-2-1-3-14-26(19)21/h4-5,7-13,15H,1-3,6,14H2,(H,23,27)/b12-7+. The summed E-state index contributed by atoms with van der Waals surface area (Å²) in [4.78, 5) is 16.1. The van der Waals surface area contributed by atoms with E-state index in [1.165, 1.54) is 18.9 Å². The minimum absolute atomic E-state index is 0.178. The fourth-order valence-electron chi connectivity index (χ4n) is 3.23. The fourth-order valence-corrected chi connectivity index (χ4v) is 3.23. The first-order chi connectivity index (χ1) is 13.3. The minimum atomic E-state index is -0.178. The average Bonchev–Trinajstić information content (AvgIpc) is 2.96. The molecule has 0 aliphatic carbocycles. The van der Waals surface area contributed by atoms with Crippen molar-refractivity contribution in [1.82, 2.24) is 19.7 Å². The molecule has 0 radical (unpaired) electrons. The van der Waals surface area contributed by atoms with E-state index < -0.39 is 0 Å². The summed E-state index contributed by atoms with van der Waals surface area (Å²) >= 11 is 0. The molecule has 1 aliphatic rings. The lowest BCUT2D eigenvalue weighted by atomic mass is 10.2. The zero-order chi connectivity index (χ0) is 18.5. The van der Waals surface area contributed by atoms with Gasteiger partial charge in [0.25, 0.3) is 0 Å². The number of rotatable bonds is 4. The van der Waals surface area contributed by atoms with Gasteiger partial charge in [0.15, 0.2) is 5.82 Å². The normalized spacial score (nSPS) is 13.9. The van der Waals surface area contributed by atoms with Crippen LogP contribution in [0.1, 0.15) is 30.7 Å². The van der Waals surface area contributed by atoms with Crippen LogP contribution in [0.2, 0.25) is 0 Å². The molecule has 0 bridgehead atoms. The number of hydrogen-bond donors (Lipinski definition) is 1. The molecule has 1 amide bonds. The van der Waals surface area contributed by atoms with E-state index in [0.29, 0.717) is 0 Å². The number of nitrogens with zero attached hydrogens (tertiary/aromatic N) is 4. The molecule has 0 saturated carbocycles. The van der Waals surface area contributed by atoms with Crippen LogP contribution in [-0.4, -0.2) is 25.7 Å². The van der Waals surface area contributed by atoms with Crippen LogP contribution in [0.4, 0.5) is 5.69 Å². The summed E-state index contributed by atoms with van der Waals surface area (Å²) in [6.45, 7) is 0.968.